The molecule has 5 heteroatoms. The predicted octanol–water partition coefficient (Wildman–Crippen LogP) is 2.18. The van der Waals surface area contributed by atoms with Crippen molar-refractivity contribution in [2.24, 2.45) is 0 Å². The standard InChI is InChI=1S/C6H6Cl2N2O/c1-2-11-6-9-4(7)3-5(8)10-6/h3H,2H2,1H3. The summed E-state index contributed by atoms with van der Waals surface area (Å²) >= 11 is 11.1. The summed E-state index contributed by atoms with van der Waals surface area (Å²) in [6, 6.07) is 1.66. The van der Waals surface area contributed by atoms with Gasteiger partial charge >= 0.3 is 6.01 Å². The third-order valence-corrected chi connectivity index (χ3v) is 1.30. The SMILES string of the molecule is CCOc1nc(Cl)cc(Cl)n1. The number of halogens is 2. The molecule has 0 atom stereocenters. The lowest BCUT2D eigenvalue weighted by Crippen LogP contribution is -1.97. The van der Waals surface area contributed by atoms with Crippen LogP contribution in [0.3, 0.4) is 0 Å². The van der Waals surface area contributed by atoms with E-state index in [1.54, 1.807) is 0 Å². The second kappa shape index (κ2) is 3.74. The summed E-state index contributed by atoms with van der Waals surface area (Å²) in [5.74, 6) is 0. The fourth-order valence-electron chi connectivity index (χ4n) is 0.564. The third-order valence-electron chi connectivity index (χ3n) is 0.917. The van der Waals surface area contributed by atoms with Gasteiger partial charge in [-0.1, -0.05) is 23.2 Å². The third kappa shape index (κ3) is 2.52. The second-order valence-corrected chi connectivity index (χ2v) is 2.50. The first-order valence-electron chi connectivity index (χ1n) is 3.05. The van der Waals surface area contributed by atoms with E-state index >= 15 is 0 Å². The lowest BCUT2D eigenvalue weighted by atomic mass is 10.7. The molecule has 0 N–H and O–H groups in total. The number of hydrogen-bond acceptors (Lipinski definition) is 3. The molecule has 11 heavy (non-hydrogen) atoms. The van der Waals surface area contributed by atoms with Gasteiger partial charge in [0.1, 0.15) is 10.3 Å². The molecule has 1 aromatic heterocycles. The molecule has 60 valence electrons. The van der Waals surface area contributed by atoms with Gasteiger partial charge in [0.25, 0.3) is 0 Å². The summed E-state index contributed by atoms with van der Waals surface area (Å²) in [6.45, 7) is 2.33. The topological polar surface area (TPSA) is 35.0 Å². The van der Waals surface area contributed by atoms with Crippen LogP contribution in [0.1, 0.15) is 6.92 Å². The summed E-state index contributed by atoms with van der Waals surface area (Å²) in [5.41, 5.74) is 0. The van der Waals surface area contributed by atoms with Crippen molar-refractivity contribution in [1.29, 1.82) is 0 Å². The second-order valence-electron chi connectivity index (χ2n) is 1.73. The van der Waals surface area contributed by atoms with Gasteiger partial charge in [-0.3, -0.25) is 0 Å². The van der Waals surface area contributed by atoms with Crippen LogP contribution in [0.4, 0.5) is 0 Å². The van der Waals surface area contributed by atoms with Gasteiger partial charge in [-0.05, 0) is 6.92 Å². The smallest absolute Gasteiger partial charge is 0.319 e. The molecule has 0 bridgehead atoms. The zero-order chi connectivity index (χ0) is 8.27. The molecular formula is C6H6Cl2N2O. The predicted molar refractivity (Wildman–Crippen MR) is 43.2 cm³/mol. The number of rotatable bonds is 2. The Morgan fingerprint density at radius 3 is 2.36 bits per heavy atom. The van der Waals surface area contributed by atoms with Crippen LogP contribution < -0.4 is 4.74 Å². The summed E-state index contributed by atoms with van der Waals surface area (Å²) < 4.78 is 4.98. The van der Waals surface area contributed by atoms with Crippen molar-refractivity contribution >= 4 is 23.2 Å². The molecule has 0 aliphatic heterocycles. The molecule has 0 aliphatic rings. The molecule has 0 saturated carbocycles. The van der Waals surface area contributed by atoms with Crippen LogP contribution in [0.5, 0.6) is 6.01 Å². The van der Waals surface area contributed by atoms with Gasteiger partial charge in [-0.2, -0.15) is 9.97 Å². The molecule has 0 fully saturated rings. The highest BCUT2D eigenvalue weighted by atomic mass is 35.5. The van der Waals surface area contributed by atoms with E-state index in [0.717, 1.165) is 0 Å². The lowest BCUT2D eigenvalue weighted by molar-refractivity contribution is 0.312. The number of nitrogens with zero attached hydrogens (tertiary/aromatic N) is 2. The van der Waals surface area contributed by atoms with Crippen LogP contribution >= 0.6 is 23.2 Å². The van der Waals surface area contributed by atoms with Crippen LogP contribution in [-0.4, -0.2) is 16.6 Å². The van der Waals surface area contributed by atoms with Crippen LogP contribution in [0.25, 0.3) is 0 Å². The quantitative estimate of drug-likeness (QED) is 0.675. The molecule has 0 spiro atoms. The maximum atomic E-state index is 5.57. The molecule has 0 aliphatic carbocycles. The fourth-order valence-corrected chi connectivity index (χ4v) is 0.971. The molecule has 0 unspecified atom stereocenters. The molecule has 0 amide bonds. The summed E-state index contributed by atoms with van der Waals surface area (Å²) in [4.78, 5) is 7.54. The number of hydrogen-bond donors (Lipinski definition) is 0. The van der Waals surface area contributed by atoms with Crippen molar-refractivity contribution in [3.63, 3.8) is 0 Å². The van der Waals surface area contributed by atoms with Crippen molar-refractivity contribution in [3.05, 3.63) is 16.4 Å². The van der Waals surface area contributed by atoms with E-state index in [9.17, 15) is 0 Å². The highest BCUT2D eigenvalue weighted by Crippen LogP contribution is 2.15. The first-order chi connectivity index (χ1) is 5.22. The Morgan fingerprint density at radius 1 is 1.36 bits per heavy atom. The van der Waals surface area contributed by atoms with Crippen LogP contribution in [0, 0.1) is 0 Å². The normalized spacial score (nSPS) is 9.73. The van der Waals surface area contributed by atoms with Gasteiger partial charge in [-0.15, -0.1) is 0 Å². The molecule has 1 heterocycles. The van der Waals surface area contributed by atoms with Crippen molar-refractivity contribution in [1.82, 2.24) is 9.97 Å². The minimum atomic E-state index is 0.213. The van der Waals surface area contributed by atoms with Crippen molar-refractivity contribution in [2.45, 2.75) is 6.92 Å². The van der Waals surface area contributed by atoms with Crippen LogP contribution in [-0.2, 0) is 0 Å². The van der Waals surface area contributed by atoms with E-state index in [2.05, 4.69) is 9.97 Å². The Labute approximate surface area is 74.3 Å². The van der Waals surface area contributed by atoms with Gasteiger partial charge in [0, 0.05) is 6.07 Å². The average molecular weight is 193 g/mol. The maximum absolute atomic E-state index is 5.57. The number of aromatic nitrogens is 2. The highest BCUT2D eigenvalue weighted by molar-refractivity contribution is 6.33. The monoisotopic (exact) mass is 192 g/mol. The highest BCUT2D eigenvalue weighted by Gasteiger charge is 2.00. The lowest BCUT2D eigenvalue weighted by Gasteiger charge is -1.99. The van der Waals surface area contributed by atoms with E-state index < -0.39 is 0 Å². The molecule has 0 aromatic carbocycles. The van der Waals surface area contributed by atoms with Gasteiger partial charge in [0.2, 0.25) is 0 Å². The summed E-state index contributed by atoms with van der Waals surface area (Å²) in [5, 5.41) is 0.571. The molecule has 1 aromatic rings. The van der Waals surface area contributed by atoms with Gasteiger partial charge < -0.3 is 4.74 Å². The maximum Gasteiger partial charge on any atom is 0.319 e. The van der Waals surface area contributed by atoms with E-state index in [0.29, 0.717) is 6.61 Å². The largest absolute Gasteiger partial charge is 0.464 e. The minimum Gasteiger partial charge on any atom is -0.464 e. The Morgan fingerprint density at radius 2 is 1.91 bits per heavy atom. The van der Waals surface area contributed by atoms with Crippen LogP contribution in [0.2, 0.25) is 10.3 Å². The van der Waals surface area contributed by atoms with Gasteiger partial charge in [-0.25, -0.2) is 0 Å². The molecule has 1 rings (SSSR count). The zero-order valence-corrected chi connectivity index (χ0v) is 7.35. The van der Waals surface area contributed by atoms with E-state index in [1.165, 1.54) is 6.07 Å². The minimum absolute atomic E-state index is 0.213. The van der Waals surface area contributed by atoms with E-state index in [1.807, 2.05) is 6.92 Å². The Hall–Kier alpha value is -0.540. The van der Waals surface area contributed by atoms with E-state index in [4.69, 9.17) is 27.9 Å². The Balaban J connectivity index is 2.89. The van der Waals surface area contributed by atoms with Crippen molar-refractivity contribution in [2.75, 3.05) is 6.61 Å². The fraction of sp³-hybridized carbons (Fsp3) is 0.333. The zero-order valence-electron chi connectivity index (χ0n) is 5.84. The van der Waals surface area contributed by atoms with Crippen LogP contribution in [0.15, 0.2) is 6.07 Å². The molecule has 3 nitrogen and oxygen atoms in total. The first-order valence-corrected chi connectivity index (χ1v) is 3.81. The molecular weight excluding hydrogens is 187 g/mol. The van der Waals surface area contributed by atoms with Crippen molar-refractivity contribution < 1.29 is 4.74 Å². The van der Waals surface area contributed by atoms with Gasteiger partial charge in [0.15, 0.2) is 0 Å². The first kappa shape index (κ1) is 8.56. The molecule has 0 saturated heterocycles. The Kier molecular flexibility index (Phi) is 2.91. The number of ether oxygens (including phenoxy) is 1. The van der Waals surface area contributed by atoms with Crippen molar-refractivity contribution in [3.8, 4) is 6.01 Å². The molecule has 0 radical (unpaired) electrons. The summed E-state index contributed by atoms with van der Waals surface area (Å²) in [7, 11) is 0. The van der Waals surface area contributed by atoms with E-state index in [-0.39, 0.29) is 16.3 Å². The summed E-state index contributed by atoms with van der Waals surface area (Å²) in [6.07, 6.45) is 0. The Bertz CT molecular complexity index is 234. The average Bonchev–Trinajstić information content (AvgIpc) is 1.85. The van der Waals surface area contributed by atoms with Gasteiger partial charge in [0.05, 0.1) is 6.61 Å².